The number of rotatable bonds is 9. The molecule has 0 aromatic heterocycles. The van der Waals surface area contributed by atoms with Crippen LogP contribution in [0.5, 0.6) is 0 Å². The number of aliphatic hydroxyl groups excluding tert-OH is 4. The molecular formula is C11H23NO6. The van der Waals surface area contributed by atoms with Gasteiger partial charge in [0.15, 0.2) is 6.29 Å². The fourth-order valence-electron chi connectivity index (χ4n) is 1.59. The van der Waals surface area contributed by atoms with E-state index >= 15 is 0 Å². The van der Waals surface area contributed by atoms with Crippen molar-refractivity contribution in [1.29, 1.82) is 0 Å². The monoisotopic (exact) mass is 265 g/mol. The first-order valence-corrected chi connectivity index (χ1v) is 5.95. The van der Waals surface area contributed by atoms with Gasteiger partial charge >= 0.3 is 0 Å². The highest BCUT2D eigenvalue weighted by Gasteiger charge is 2.43. The van der Waals surface area contributed by atoms with Crippen LogP contribution in [0.2, 0.25) is 0 Å². The van der Waals surface area contributed by atoms with Gasteiger partial charge in [0.2, 0.25) is 0 Å². The Morgan fingerprint density at radius 3 is 2.17 bits per heavy atom. The number of aliphatic hydroxyl groups is 5. The van der Waals surface area contributed by atoms with E-state index in [1.807, 2.05) is 6.92 Å². The molecule has 5 atom stereocenters. The van der Waals surface area contributed by atoms with Gasteiger partial charge in [-0.05, 0) is 6.42 Å². The van der Waals surface area contributed by atoms with E-state index in [9.17, 15) is 30.3 Å². The molecule has 7 heteroatoms. The highest BCUT2D eigenvalue weighted by Crippen LogP contribution is 2.21. The Kier molecular flexibility index (Phi) is 7.53. The third-order valence-electron chi connectivity index (χ3n) is 2.96. The minimum Gasteiger partial charge on any atom is -0.389 e. The van der Waals surface area contributed by atoms with E-state index in [-0.39, 0.29) is 19.3 Å². The lowest BCUT2D eigenvalue weighted by atomic mass is 9.86. The van der Waals surface area contributed by atoms with E-state index < -0.39 is 30.0 Å². The summed E-state index contributed by atoms with van der Waals surface area (Å²) in [6.45, 7) is 1.51. The van der Waals surface area contributed by atoms with Gasteiger partial charge in [0.25, 0.3) is 0 Å². The van der Waals surface area contributed by atoms with Crippen LogP contribution in [0.3, 0.4) is 0 Å². The average molecular weight is 265 g/mol. The van der Waals surface area contributed by atoms with Crippen LogP contribution in [0.1, 0.15) is 26.2 Å². The first-order valence-electron chi connectivity index (χ1n) is 5.95. The zero-order valence-electron chi connectivity index (χ0n) is 10.4. The van der Waals surface area contributed by atoms with Crippen molar-refractivity contribution in [3.8, 4) is 0 Å². The minimum atomic E-state index is -2.15. The lowest BCUT2D eigenvalue weighted by molar-refractivity contribution is -0.172. The first kappa shape index (κ1) is 17.4. The summed E-state index contributed by atoms with van der Waals surface area (Å²) in [4.78, 5) is 10.9. The van der Waals surface area contributed by atoms with Gasteiger partial charge in [0.1, 0.15) is 23.9 Å². The molecule has 0 heterocycles. The standard InChI is InChI=1S/C11H23NO6/c1-2-3-4-11(18,6-13)10(17)9(16)8(15)7(14)5-12/h6-10,14-18H,2-5,12H2,1H3. The van der Waals surface area contributed by atoms with Crippen molar-refractivity contribution in [3.63, 3.8) is 0 Å². The maximum Gasteiger partial charge on any atom is 0.154 e. The van der Waals surface area contributed by atoms with E-state index in [1.165, 1.54) is 0 Å². The molecule has 18 heavy (non-hydrogen) atoms. The van der Waals surface area contributed by atoms with Gasteiger partial charge < -0.3 is 36.1 Å². The van der Waals surface area contributed by atoms with Crippen LogP contribution < -0.4 is 5.73 Å². The van der Waals surface area contributed by atoms with Crippen LogP contribution in [-0.2, 0) is 4.79 Å². The molecule has 0 aliphatic heterocycles. The number of hydrogen-bond acceptors (Lipinski definition) is 7. The van der Waals surface area contributed by atoms with Crippen molar-refractivity contribution in [2.24, 2.45) is 5.73 Å². The van der Waals surface area contributed by atoms with Crippen molar-refractivity contribution >= 4 is 6.29 Å². The molecule has 0 saturated carbocycles. The predicted octanol–water partition coefficient (Wildman–Crippen LogP) is -2.49. The fourth-order valence-corrected chi connectivity index (χ4v) is 1.59. The molecule has 7 nitrogen and oxygen atoms in total. The summed E-state index contributed by atoms with van der Waals surface area (Å²) in [5, 5.41) is 48.0. The van der Waals surface area contributed by atoms with Crippen molar-refractivity contribution < 1.29 is 30.3 Å². The van der Waals surface area contributed by atoms with Crippen LogP contribution in [0, 0.1) is 0 Å². The Hall–Kier alpha value is -0.570. The molecule has 0 aliphatic rings. The Bertz CT molecular complexity index is 252. The molecule has 0 bridgehead atoms. The van der Waals surface area contributed by atoms with Gasteiger partial charge in [-0.3, -0.25) is 0 Å². The Balaban J connectivity index is 4.76. The summed E-state index contributed by atoms with van der Waals surface area (Å²) in [6, 6.07) is 0. The van der Waals surface area contributed by atoms with Crippen molar-refractivity contribution in [2.45, 2.75) is 56.2 Å². The summed E-state index contributed by atoms with van der Waals surface area (Å²) < 4.78 is 0. The normalized spacial score (nSPS) is 21.7. The number of aldehydes is 1. The Morgan fingerprint density at radius 1 is 1.22 bits per heavy atom. The zero-order chi connectivity index (χ0) is 14.3. The highest BCUT2D eigenvalue weighted by molar-refractivity contribution is 5.63. The zero-order valence-corrected chi connectivity index (χ0v) is 10.4. The third-order valence-corrected chi connectivity index (χ3v) is 2.96. The molecule has 0 spiro atoms. The van der Waals surface area contributed by atoms with E-state index in [2.05, 4.69) is 0 Å². The maximum absolute atomic E-state index is 10.9. The molecule has 0 rings (SSSR count). The molecular weight excluding hydrogens is 242 g/mol. The summed E-state index contributed by atoms with van der Waals surface area (Å²) in [5.41, 5.74) is 2.95. The smallest absolute Gasteiger partial charge is 0.154 e. The van der Waals surface area contributed by atoms with E-state index in [1.54, 1.807) is 0 Å². The molecule has 0 aromatic carbocycles. The van der Waals surface area contributed by atoms with Gasteiger partial charge in [-0.2, -0.15) is 0 Å². The molecule has 0 amide bonds. The molecule has 0 aromatic rings. The average Bonchev–Trinajstić information content (AvgIpc) is 2.41. The van der Waals surface area contributed by atoms with Gasteiger partial charge in [-0.1, -0.05) is 19.8 Å². The highest BCUT2D eigenvalue weighted by atomic mass is 16.4. The van der Waals surface area contributed by atoms with Crippen molar-refractivity contribution in [2.75, 3.05) is 6.54 Å². The summed E-state index contributed by atoms with van der Waals surface area (Å²) >= 11 is 0. The number of nitrogens with two attached hydrogens (primary N) is 1. The van der Waals surface area contributed by atoms with E-state index in [0.29, 0.717) is 12.8 Å². The SMILES string of the molecule is CCCCC(O)(C=O)C(O)C(O)C(O)C(O)CN. The van der Waals surface area contributed by atoms with Gasteiger partial charge in [-0.15, -0.1) is 0 Å². The van der Waals surface area contributed by atoms with Crippen LogP contribution >= 0.6 is 0 Å². The second-order valence-corrected chi connectivity index (χ2v) is 4.44. The largest absolute Gasteiger partial charge is 0.389 e. The summed E-state index contributed by atoms with van der Waals surface area (Å²) in [6.07, 6.45) is -5.70. The van der Waals surface area contributed by atoms with Crippen molar-refractivity contribution in [1.82, 2.24) is 0 Å². The number of hydrogen-bond donors (Lipinski definition) is 6. The van der Waals surface area contributed by atoms with E-state index in [4.69, 9.17) is 5.73 Å². The minimum absolute atomic E-state index is 0.0450. The quantitative estimate of drug-likeness (QED) is 0.253. The topological polar surface area (TPSA) is 144 Å². The third kappa shape index (κ3) is 4.27. The van der Waals surface area contributed by atoms with Gasteiger partial charge in [0, 0.05) is 6.54 Å². The number of carbonyl (C=O) groups excluding carboxylic acids is 1. The molecule has 108 valence electrons. The Morgan fingerprint density at radius 2 is 1.78 bits per heavy atom. The Labute approximate surface area is 106 Å². The number of unbranched alkanes of at least 4 members (excludes halogenated alkanes) is 1. The lowest BCUT2D eigenvalue weighted by Gasteiger charge is -2.34. The second-order valence-electron chi connectivity index (χ2n) is 4.44. The predicted molar refractivity (Wildman–Crippen MR) is 63.6 cm³/mol. The van der Waals surface area contributed by atoms with Gasteiger partial charge in [0.05, 0.1) is 6.10 Å². The summed E-state index contributed by atoms with van der Waals surface area (Å²) in [7, 11) is 0. The molecule has 0 aliphatic carbocycles. The van der Waals surface area contributed by atoms with Crippen LogP contribution in [0.15, 0.2) is 0 Å². The molecule has 0 radical (unpaired) electrons. The van der Waals surface area contributed by atoms with E-state index in [0.717, 1.165) is 0 Å². The van der Waals surface area contributed by atoms with Crippen LogP contribution in [-0.4, -0.2) is 68.4 Å². The van der Waals surface area contributed by atoms with Crippen molar-refractivity contribution in [3.05, 3.63) is 0 Å². The second kappa shape index (κ2) is 7.78. The fraction of sp³-hybridized carbons (Fsp3) is 0.909. The van der Waals surface area contributed by atoms with Crippen LogP contribution in [0.4, 0.5) is 0 Å². The molecule has 5 unspecified atom stereocenters. The first-order chi connectivity index (χ1) is 8.33. The van der Waals surface area contributed by atoms with Gasteiger partial charge in [-0.25, -0.2) is 0 Å². The molecule has 7 N–H and O–H groups in total. The lowest BCUT2D eigenvalue weighted by Crippen LogP contribution is -2.57. The van der Waals surface area contributed by atoms with Crippen LogP contribution in [0.25, 0.3) is 0 Å². The molecule has 0 fully saturated rings. The number of carbonyl (C=O) groups is 1. The molecule has 0 saturated heterocycles. The summed E-state index contributed by atoms with van der Waals surface area (Å²) in [5.74, 6) is 0. The maximum atomic E-state index is 10.9.